The van der Waals surface area contributed by atoms with E-state index in [1.54, 1.807) is 6.92 Å². The lowest BCUT2D eigenvalue weighted by molar-refractivity contribution is 0.196. The first-order chi connectivity index (χ1) is 6.49. The third kappa shape index (κ3) is 3.57. The van der Waals surface area contributed by atoms with E-state index in [-0.39, 0.29) is 15.8 Å². The van der Waals surface area contributed by atoms with Crippen molar-refractivity contribution >= 4 is 35.0 Å². The summed E-state index contributed by atoms with van der Waals surface area (Å²) in [4.78, 5) is 11.4. The van der Waals surface area contributed by atoms with Gasteiger partial charge < -0.3 is 5.11 Å². The van der Waals surface area contributed by atoms with Crippen LogP contribution in [0, 0.1) is 0 Å². The van der Waals surface area contributed by atoms with Crippen molar-refractivity contribution in [2.75, 3.05) is 0 Å². The first-order valence-corrected chi connectivity index (χ1v) is 5.54. The van der Waals surface area contributed by atoms with Gasteiger partial charge in [0.25, 0.3) is 0 Å². The zero-order valence-corrected chi connectivity index (χ0v) is 9.94. The third-order valence-corrected chi connectivity index (χ3v) is 3.03. The molecule has 0 bridgehead atoms. The molecule has 1 N–H and O–H groups in total. The van der Waals surface area contributed by atoms with E-state index in [9.17, 15) is 5.11 Å². The van der Waals surface area contributed by atoms with E-state index in [1.807, 2.05) is 6.92 Å². The number of thioether (sulfide) groups is 1. The van der Waals surface area contributed by atoms with Crippen LogP contribution in [0.4, 0.5) is 0 Å². The van der Waals surface area contributed by atoms with E-state index >= 15 is 0 Å². The van der Waals surface area contributed by atoms with Crippen LogP contribution in [-0.2, 0) is 0 Å². The van der Waals surface area contributed by atoms with Crippen molar-refractivity contribution < 1.29 is 5.11 Å². The van der Waals surface area contributed by atoms with Gasteiger partial charge in [0, 0.05) is 5.25 Å². The van der Waals surface area contributed by atoms with Gasteiger partial charge in [0.1, 0.15) is 0 Å². The Balaban J connectivity index is 2.76. The van der Waals surface area contributed by atoms with Crippen molar-refractivity contribution in [1.29, 1.82) is 0 Å². The summed E-state index contributed by atoms with van der Waals surface area (Å²) >= 11 is 12.5. The minimum Gasteiger partial charge on any atom is -0.392 e. The minimum absolute atomic E-state index is 0.0236. The number of aliphatic hydroxyl groups is 1. The van der Waals surface area contributed by atoms with Gasteiger partial charge in [0.15, 0.2) is 5.16 Å². The highest BCUT2D eigenvalue weighted by Gasteiger charge is 2.13. The van der Waals surface area contributed by atoms with Crippen LogP contribution in [0.2, 0.25) is 10.6 Å². The van der Waals surface area contributed by atoms with Gasteiger partial charge in [-0.25, -0.2) is 0 Å². The van der Waals surface area contributed by atoms with Crippen molar-refractivity contribution in [2.24, 2.45) is 0 Å². The zero-order valence-electron chi connectivity index (χ0n) is 7.61. The van der Waals surface area contributed by atoms with Crippen LogP contribution in [0.3, 0.4) is 0 Å². The van der Waals surface area contributed by atoms with Crippen molar-refractivity contribution in [3.05, 3.63) is 10.6 Å². The van der Waals surface area contributed by atoms with Gasteiger partial charge in [-0.1, -0.05) is 18.7 Å². The Morgan fingerprint density at radius 2 is 1.64 bits per heavy atom. The number of aromatic nitrogens is 3. The number of hydrogen-bond acceptors (Lipinski definition) is 5. The lowest BCUT2D eigenvalue weighted by Crippen LogP contribution is -2.15. The maximum atomic E-state index is 9.26. The Morgan fingerprint density at radius 3 is 2.07 bits per heavy atom. The second-order valence-corrected chi connectivity index (χ2v) is 4.74. The lowest BCUT2D eigenvalue weighted by atomic mass is 10.3. The number of rotatable bonds is 3. The predicted molar refractivity (Wildman–Crippen MR) is 56.8 cm³/mol. The first kappa shape index (κ1) is 12.0. The average molecular weight is 254 g/mol. The summed E-state index contributed by atoms with van der Waals surface area (Å²) in [5.74, 6) is 0. The topological polar surface area (TPSA) is 58.9 Å². The van der Waals surface area contributed by atoms with E-state index in [4.69, 9.17) is 23.2 Å². The highest BCUT2D eigenvalue weighted by atomic mass is 35.5. The predicted octanol–water partition coefficient (Wildman–Crippen LogP) is 2.04. The Morgan fingerprint density at radius 1 is 1.14 bits per heavy atom. The third-order valence-electron chi connectivity index (χ3n) is 1.53. The molecule has 1 aromatic rings. The van der Waals surface area contributed by atoms with Crippen LogP contribution in [0.25, 0.3) is 0 Å². The molecule has 0 amide bonds. The fourth-order valence-corrected chi connectivity index (χ4v) is 1.90. The molecule has 0 fully saturated rings. The normalized spacial score (nSPS) is 15.2. The lowest BCUT2D eigenvalue weighted by Gasteiger charge is -2.12. The second-order valence-electron chi connectivity index (χ2n) is 2.72. The molecular formula is C7H9Cl2N3OS. The van der Waals surface area contributed by atoms with Crippen LogP contribution in [0.5, 0.6) is 0 Å². The standard InChI is InChI=1S/C7H9Cl2N3OS/c1-3(13)4(2)14-7-11-5(8)10-6(9)12-7/h3-4,13H,1-2H3. The molecule has 78 valence electrons. The molecule has 2 unspecified atom stereocenters. The van der Waals surface area contributed by atoms with Gasteiger partial charge in [0.05, 0.1) is 6.10 Å². The molecule has 0 aliphatic rings. The first-order valence-electron chi connectivity index (χ1n) is 3.91. The second kappa shape index (κ2) is 5.11. The summed E-state index contributed by atoms with van der Waals surface area (Å²) in [6, 6.07) is 0. The zero-order chi connectivity index (χ0) is 10.7. The van der Waals surface area contributed by atoms with E-state index in [0.29, 0.717) is 5.16 Å². The minimum atomic E-state index is -0.450. The quantitative estimate of drug-likeness (QED) is 0.836. The number of nitrogens with zero attached hydrogens (tertiary/aromatic N) is 3. The van der Waals surface area contributed by atoms with Gasteiger partial charge >= 0.3 is 0 Å². The molecule has 1 aromatic heterocycles. The largest absolute Gasteiger partial charge is 0.392 e. The summed E-state index contributed by atoms with van der Waals surface area (Å²) in [5, 5.41) is 9.78. The SMILES string of the molecule is CC(O)C(C)Sc1nc(Cl)nc(Cl)n1. The molecular weight excluding hydrogens is 245 g/mol. The number of aliphatic hydroxyl groups excluding tert-OH is 1. The molecule has 1 heterocycles. The molecule has 0 spiro atoms. The Labute approximate surface area is 96.1 Å². The van der Waals surface area contributed by atoms with Crippen LogP contribution in [-0.4, -0.2) is 31.4 Å². The highest BCUT2D eigenvalue weighted by Crippen LogP contribution is 2.23. The monoisotopic (exact) mass is 253 g/mol. The van der Waals surface area contributed by atoms with Gasteiger partial charge in [0.2, 0.25) is 10.6 Å². The molecule has 4 nitrogen and oxygen atoms in total. The molecule has 0 radical (unpaired) electrons. The summed E-state index contributed by atoms with van der Waals surface area (Å²) < 4.78 is 0. The highest BCUT2D eigenvalue weighted by molar-refractivity contribution is 7.99. The van der Waals surface area contributed by atoms with E-state index in [1.165, 1.54) is 11.8 Å². The van der Waals surface area contributed by atoms with Gasteiger partial charge in [-0.05, 0) is 30.1 Å². The van der Waals surface area contributed by atoms with Gasteiger partial charge in [-0.2, -0.15) is 15.0 Å². The summed E-state index contributed by atoms with van der Waals surface area (Å²) in [5.41, 5.74) is 0. The Kier molecular flexibility index (Phi) is 4.37. The maximum absolute atomic E-state index is 9.26. The molecule has 0 saturated carbocycles. The van der Waals surface area contributed by atoms with E-state index in [2.05, 4.69) is 15.0 Å². The Hall–Kier alpha value is -0.100. The van der Waals surface area contributed by atoms with Gasteiger partial charge in [-0.3, -0.25) is 0 Å². The van der Waals surface area contributed by atoms with E-state index < -0.39 is 6.10 Å². The van der Waals surface area contributed by atoms with Crippen molar-refractivity contribution in [1.82, 2.24) is 15.0 Å². The summed E-state index contributed by atoms with van der Waals surface area (Å²) in [6.45, 7) is 3.56. The fraction of sp³-hybridized carbons (Fsp3) is 0.571. The number of halogens is 2. The molecule has 0 saturated heterocycles. The molecule has 1 rings (SSSR count). The number of hydrogen-bond donors (Lipinski definition) is 1. The van der Waals surface area contributed by atoms with Crippen LogP contribution in [0.15, 0.2) is 5.16 Å². The fourth-order valence-electron chi connectivity index (χ4n) is 0.626. The molecule has 7 heteroatoms. The molecule has 14 heavy (non-hydrogen) atoms. The van der Waals surface area contributed by atoms with Crippen molar-refractivity contribution in [3.8, 4) is 0 Å². The molecule has 0 aliphatic carbocycles. The molecule has 0 aromatic carbocycles. The average Bonchev–Trinajstić information content (AvgIpc) is 2.01. The van der Waals surface area contributed by atoms with E-state index in [0.717, 1.165) is 0 Å². The maximum Gasteiger partial charge on any atom is 0.227 e. The summed E-state index contributed by atoms with van der Waals surface area (Å²) in [6.07, 6.45) is -0.450. The van der Waals surface area contributed by atoms with Crippen LogP contribution >= 0.6 is 35.0 Å². The van der Waals surface area contributed by atoms with Crippen molar-refractivity contribution in [2.45, 2.75) is 30.4 Å². The van der Waals surface area contributed by atoms with Crippen molar-refractivity contribution in [3.63, 3.8) is 0 Å². The smallest absolute Gasteiger partial charge is 0.227 e. The Bertz CT molecular complexity index is 304. The van der Waals surface area contributed by atoms with Gasteiger partial charge in [-0.15, -0.1) is 0 Å². The molecule has 0 aliphatic heterocycles. The van der Waals surface area contributed by atoms with Crippen LogP contribution < -0.4 is 0 Å². The summed E-state index contributed by atoms with van der Waals surface area (Å²) in [7, 11) is 0. The molecule has 2 atom stereocenters. The van der Waals surface area contributed by atoms with Crippen LogP contribution in [0.1, 0.15) is 13.8 Å².